The normalized spacial score (nSPS) is 31.8. The zero-order valence-electron chi connectivity index (χ0n) is 17.1. The maximum atomic E-state index is 13.0. The molecule has 162 valence electrons. The van der Waals surface area contributed by atoms with Gasteiger partial charge in [-0.15, -0.1) is 0 Å². The van der Waals surface area contributed by atoms with Gasteiger partial charge in [-0.25, -0.2) is 0 Å². The van der Waals surface area contributed by atoms with E-state index in [9.17, 15) is 19.7 Å². The number of carbonyl (C=O) groups is 2. The highest BCUT2D eigenvalue weighted by atomic mass is 16.6. The van der Waals surface area contributed by atoms with Crippen LogP contribution in [0.3, 0.4) is 0 Å². The second-order valence-corrected chi connectivity index (χ2v) is 8.73. The first-order chi connectivity index (χ1) is 15.5. The number of hydrogen-bond acceptors (Lipinski definition) is 7. The summed E-state index contributed by atoms with van der Waals surface area (Å²) in [7, 11) is 1.46. The van der Waals surface area contributed by atoms with Crippen LogP contribution in [0.5, 0.6) is 5.75 Å². The zero-order chi connectivity index (χ0) is 22.1. The lowest BCUT2D eigenvalue weighted by Gasteiger charge is -2.37. The van der Waals surface area contributed by atoms with Gasteiger partial charge in [0.2, 0.25) is 0 Å². The van der Waals surface area contributed by atoms with E-state index < -0.39 is 4.92 Å². The number of amides is 2. The summed E-state index contributed by atoms with van der Waals surface area (Å²) >= 11 is 0. The van der Waals surface area contributed by atoms with Crippen LogP contribution in [0.2, 0.25) is 0 Å². The monoisotopic (exact) mass is 433 g/mol. The number of carbonyl (C=O) groups excluding carboxylic acids is 2. The summed E-state index contributed by atoms with van der Waals surface area (Å²) in [6.45, 7) is 0. The largest absolute Gasteiger partial charge is 0.496 e. The molecule has 9 heteroatoms. The molecule has 0 radical (unpaired) electrons. The van der Waals surface area contributed by atoms with Crippen molar-refractivity contribution in [3.63, 3.8) is 0 Å². The molecule has 1 saturated heterocycles. The van der Waals surface area contributed by atoms with Crippen LogP contribution in [0.4, 0.5) is 5.69 Å². The fourth-order valence-corrected chi connectivity index (χ4v) is 5.74. The quantitative estimate of drug-likeness (QED) is 0.235. The maximum Gasteiger partial charge on any atom is 0.270 e. The molecule has 0 N–H and O–H groups in total. The number of imide groups is 1. The van der Waals surface area contributed by atoms with E-state index in [1.165, 1.54) is 31.5 Å². The minimum atomic E-state index is -0.496. The van der Waals surface area contributed by atoms with Crippen molar-refractivity contribution in [1.82, 2.24) is 5.01 Å². The van der Waals surface area contributed by atoms with Gasteiger partial charge in [0.15, 0.2) is 0 Å². The van der Waals surface area contributed by atoms with Crippen molar-refractivity contribution in [3.8, 4) is 17.1 Å². The lowest BCUT2D eigenvalue weighted by molar-refractivity contribution is -0.384. The highest BCUT2D eigenvalue weighted by molar-refractivity contribution is 6.06. The van der Waals surface area contributed by atoms with Gasteiger partial charge in [0, 0.05) is 12.1 Å². The number of non-ortho nitro benzene ring substituents is 1. The van der Waals surface area contributed by atoms with E-state index >= 15 is 0 Å². The Bertz CT molecular complexity index is 1190. The zero-order valence-corrected chi connectivity index (χ0v) is 17.1. The van der Waals surface area contributed by atoms with Crippen molar-refractivity contribution in [3.05, 3.63) is 58.4 Å². The van der Waals surface area contributed by atoms with Gasteiger partial charge in [0.25, 0.3) is 17.5 Å². The van der Waals surface area contributed by atoms with Crippen LogP contribution in [0.1, 0.15) is 12.2 Å². The van der Waals surface area contributed by atoms with E-state index in [1.54, 1.807) is 12.1 Å². The lowest BCUT2D eigenvalue weighted by atomic mass is 9.63. The molecule has 5 aliphatic rings. The Kier molecular flexibility index (Phi) is 3.93. The van der Waals surface area contributed by atoms with Crippen molar-refractivity contribution >= 4 is 23.7 Å². The van der Waals surface area contributed by atoms with Gasteiger partial charge < -0.3 is 9.15 Å². The molecule has 1 aromatic carbocycles. The summed E-state index contributed by atoms with van der Waals surface area (Å²) in [6.07, 6.45) is 6.67. The van der Waals surface area contributed by atoms with Gasteiger partial charge in [-0.2, -0.15) is 10.1 Å². The highest BCUT2D eigenvalue weighted by Crippen LogP contribution is 2.65. The fourth-order valence-electron chi connectivity index (χ4n) is 5.74. The molecule has 1 aliphatic heterocycles. The molecule has 2 bridgehead atoms. The highest BCUT2D eigenvalue weighted by Gasteiger charge is 2.67. The molecule has 32 heavy (non-hydrogen) atoms. The smallest absolute Gasteiger partial charge is 0.270 e. The molecule has 0 spiro atoms. The van der Waals surface area contributed by atoms with E-state index in [1.807, 2.05) is 0 Å². The number of nitro groups is 1. The van der Waals surface area contributed by atoms with Crippen molar-refractivity contribution in [1.29, 1.82) is 0 Å². The molecule has 6 atom stereocenters. The second-order valence-electron chi connectivity index (χ2n) is 8.73. The van der Waals surface area contributed by atoms with Gasteiger partial charge >= 0.3 is 0 Å². The van der Waals surface area contributed by atoms with Crippen LogP contribution in [0.15, 0.2) is 52.0 Å². The number of hydrazone groups is 1. The van der Waals surface area contributed by atoms with Gasteiger partial charge in [-0.1, -0.05) is 12.2 Å². The third-order valence-corrected chi connectivity index (χ3v) is 7.23. The summed E-state index contributed by atoms with van der Waals surface area (Å²) in [5.74, 6) is 1.33. The number of nitro benzene ring substituents is 1. The van der Waals surface area contributed by atoms with Crippen LogP contribution >= 0.6 is 0 Å². The Morgan fingerprint density at radius 3 is 2.44 bits per heavy atom. The van der Waals surface area contributed by atoms with Crippen molar-refractivity contribution < 1.29 is 23.7 Å². The summed E-state index contributed by atoms with van der Waals surface area (Å²) in [4.78, 5) is 36.6. The third kappa shape index (κ3) is 2.60. The van der Waals surface area contributed by atoms with Crippen LogP contribution in [-0.4, -0.2) is 35.1 Å². The van der Waals surface area contributed by atoms with Crippen molar-refractivity contribution in [2.75, 3.05) is 7.11 Å². The standard InChI is InChI=1S/C23H19N3O6/c1-31-18-6-2-11(26(29)30)8-17(18)19-7-3-12(32-19)10-24-25-22(27)20-13-4-5-14(16-9-15(13)16)21(20)23(25)28/h2-8,10,13-16,20-21H,9H2,1H3/b24-10-/t13-,14-,15-,16-,20-,21+/m1/s1. The number of rotatable bonds is 5. The molecule has 4 aliphatic carbocycles. The molecule has 2 heterocycles. The molecule has 3 fully saturated rings. The summed E-state index contributed by atoms with van der Waals surface area (Å²) < 4.78 is 11.0. The van der Waals surface area contributed by atoms with Crippen molar-refractivity contribution in [2.45, 2.75) is 6.42 Å². The molecule has 2 amide bonds. The molecular formula is C23H19N3O6. The summed E-state index contributed by atoms with van der Waals surface area (Å²) in [5.41, 5.74) is 0.326. The van der Waals surface area contributed by atoms with Crippen LogP contribution in [0.25, 0.3) is 11.3 Å². The Morgan fingerprint density at radius 1 is 1.12 bits per heavy atom. The topological polar surface area (TPSA) is 115 Å². The molecule has 7 rings (SSSR count). The molecule has 2 aromatic rings. The van der Waals surface area contributed by atoms with E-state index in [-0.39, 0.29) is 41.2 Å². The van der Waals surface area contributed by atoms with Crippen LogP contribution < -0.4 is 4.74 Å². The van der Waals surface area contributed by atoms with Gasteiger partial charge in [-0.3, -0.25) is 19.7 Å². The Labute approximate surface area is 182 Å². The van der Waals surface area contributed by atoms with Crippen LogP contribution in [-0.2, 0) is 9.59 Å². The third-order valence-electron chi connectivity index (χ3n) is 7.23. The van der Waals surface area contributed by atoms with Crippen LogP contribution in [0, 0.1) is 45.6 Å². The Morgan fingerprint density at radius 2 is 1.81 bits per heavy atom. The average Bonchev–Trinajstić information content (AvgIpc) is 3.44. The number of ether oxygens (including phenoxy) is 1. The molecule has 1 aromatic heterocycles. The number of nitrogens with zero attached hydrogens (tertiary/aromatic N) is 3. The van der Waals surface area contributed by atoms with Crippen molar-refractivity contribution in [2.24, 2.45) is 40.6 Å². The van der Waals surface area contributed by atoms with Gasteiger partial charge in [0.1, 0.15) is 17.3 Å². The predicted octanol–water partition coefficient (Wildman–Crippen LogP) is 3.25. The molecule has 0 unspecified atom stereocenters. The second kappa shape index (κ2) is 6.62. The van der Waals surface area contributed by atoms with E-state index in [4.69, 9.17) is 9.15 Å². The van der Waals surface area contributed by atoms with Gasteiger partial charge in [0.05, 0.1) is 35.6 Å². The number of hydrogen-bond donors (Lipinski definition) is 0. The average molecular weight is 433 g/mol. The minimum absolute atomic E-state index is 0.0930. The number of methoxy groups -OCH3 is 1. The van der Waals surface area contributed by atoms with Gasteiger partial charge in [-0.05, 0) is 48.3 Å². The summed E-state index contributed by atoms with van der Waals surface area (Å²) in [5, 5.41) is 16.3. The summed E-state index contributed by atoms with van der Waals surface area (Å²) in [6, 6.07) is 7.47. The molecule has 2 saturated carbocycles. The molecule has 9 nitrogen and oxygen atoms in total. The number of furan rings is 1. The predicted molar refractivity (Wildman–Crippen MR) is 111 cm³/mol. The Hall–Kier alpha value is -3.75. The first-order valence-electron chi connectivity index (χ1n) is 10.5. The van der Waals surface area contributed by atoms with E-state index in [2.05, 4.69) is 17.3 Å². The fraction of sp³-hybridized carbons (Fsp3) is 0.348. The number of benzene rings is 1. The first-order valence-corrected chi connectivity index (χ1v) is 10.5. The van der Waals surface area contributed by atoms with E-state index in [0.29, 0.717) is 34.7 Å². The maximum absolute atomic E-state index is 13.0. The van der Waals surface area contributed by atoms with E-state index in [0.717, 1.165) is 11.4 Å². The Balaban J connectivity index is 1.26. The number of allylic oxidation sites excluding steroid dienone is 2. The molecular weight excluding hydrogens is 414 g/mol. The minimum Gasteiger partial charge on any atom is -0.496 e. The lowest BCUT2D eigenvalue weighted by Crippen LogP contribution is -2.40. The first kappa shape index (κ1) is 19.0. The SMILES string of the molecule is COc1ccc([N+](=O)[O-])cc1-c1ccc(/C=N\N2C(=O)[C@@H]3[C@@H]4C=C[C@H]([C@H]5C[C@H]45)[C@@H]3C2=O)o1.